The van der Waals surface area contributed by atoms with E-state index in [1.807, 2.05) is 6.92 Å². The minimum atomic E-state index is -3.80. The summed E-state index contributed by atoms with van der Waals surface area (Å²) in [5, 5.41) is 6.71. The van der Waals surface area contributed by atoms with Crippen molar-refractivity contribution in [3.05, 3.63) is 41.5 Å². The van der Waals surface area contributed by atoms with E-state index >= 15 is 0 Å². The fourth-order valence-corrected chi connectivity index (χ4v) is 3.15. The van der Waals surface area contributed by atoms with E-state index in [4.69, 9.17) is 5.73 Å². The van der Waals surface area contributed by atoms with Crippen LogP contribution >= 0.6 is 0 Å². The number of rotatable bonds is 6. The lowest BCUT2D eigenvalue weighted by molar-refractivity contribution is 0.576. The Labute approximate surface area is 122 Å². The Kier molecular flexibility index (Phi) is 4.59. The first-order valence-corrected chi connectivity index (χ1v) is 7.92. The van der Waals surface area contributed by atoms with E-state index in [0.29, 0.717) is 12.8 Å². The number of hydrogen-bond donors (Lipinski definition) is 3. The molecule has 0 aliphatic rings. The molecule has 0 saturated heterocycles. The largest absolute Gasteiger partial charge is 0.398 e. The van der Waals surface area contributed by atoms with Crippen molar-refractivity contribution >= 4 is 15.7 Å². The van der Waals surface area contributed by atoms with E-state index in [9.17, 15) is 12.8 Å². The van der Waals surface area contributed by atoms with Gasteiger partial charge in [0, 0.05) is 12.2 Å². The number of anilines is 1. The highest BCUT2D eigenvalue weighted by Gasteiger charge is 2.17. The third kappa shape index (κ3) is 3.79. The molecule has 2 aromatic rings. The molecule has 0 spiro atoms. The average Bonchev–Trinajstić information content (AvgIpc) is 2.83. The molecule has 0 amide bonds. The summed E-state index contributed by atoms with van der Waals surface area (Å²) in [7, 11) is -3.80. The van der Waals surface area contributed by atoms with Gasteiger partial charge in [0.1, 0.15) is 10.7 Å². The Morgan fingerprint density at radius 1 is 1.43 bits per heavy atom. The van der Waals surface area contributed by atoms with Crippen LogP contribution in [0.5, 0.6) is 0 Å². The molecule has 0 aliphatic carbocycles. The van der Waals surface area contributed by atoms with Crippen LogP contribution in [0.4, 0.5) is 10.1 Å². The Morgan fingerprint density at radius 2 is 2.19 bits per heavy atom. The predicted molar refractivity (Wildman–Crippen MR) is 77.6 cm³/mol. The molecule has 1 aromatic heterocycles. The van der Waals surface area contributed by atoms with Crippen molar-refractivity contribution in [2.45, 2.75) is 24.7 Å². The predicted octanol–water partition coefficient (Wildman–Crippen LogP) is 1.35. The molecule has 2 rings (SSSR count). The molecule has 114 valence electrons. The molecule has 21 heavy (non-hydrogen) atoms. The van der Waals surface area contributed by atoms with Crippen LogP contribution in [0, 0.1) is 12.7 Å². The van der Waals surface area contributed by atoms with E-state index in [2.05, 4.69) is 14.9 Å². The van der Waals surface area contributed by atoms with Crippen LogP contribution in [0.25, 0.3) is 0 Å². The van der Waals surface area contributed by atoms with Gasteiger partial charge in [-0.25, -0.2) is 17.5 Å². The second-order valence-electron chi connectivity index (χ2n) is 4.70. The van der Waals surface area contributed by atoms with Crippen molar-refractivity contribution in [3.8, 4) is 0 Å². The number of sulfonamides is 1. The van der Waals surface area contributed by atoms with Gasteiger partial charge in [-0.2, -0.15) is 5.10 Å². The van der Waals surface area contributed by atoms with E-state index < -0.39 is 15.8 Å². The number of aryl methyl sites for hydroxylation is 2. The zero-order chi connectivity index (χ0) is 15.5. The number of aromatic amines is 1. The van der Waals surface area contributed by atoms with Gasteiger partial charge in [-0.15, -0.1) is 0 Å². The monoisotopic (exact) mass is 312 g/mol. The van der Waals surface area contributed by atoms with Crippen molar-refractivity contribution in [1.82, 2.24) is 14.9 Å². The number of hydrogen-bond acceptors (Lipinski definition) is 4. The lowest BCUT2D eigenvalue weighted by atomic mass is 10.1. The average molecular weight is 312 g/mol. The molecule has 0 radical (unpaired) electrons. The number of nitrogens with one attached hydrogen (secondary N) is 2. The van der Waals surface area contributed by atoms with Crippen LogP contribution in [0.15, 0.2) is 29.3 Å². The van der Waals surface area contributed by atoms with Crippen molar-refractivity contribution in [2.24, 2.45) is 0 Å². The molecule has 0 fully saturated rings. The number of nitrogen functional groups attached to an aromatic ring is 1. The van der Waals surface area contributed by atoms with Crippen molar-refractivity contribution in [3.63, 3.8) is 0 Å². The number of nitrogens with two attached hydrogens (primary N) is 1. The third-order valence-corrected chi connectivity index (χ3v) is 4.63. The van der Waals surface area contributed by atoms with E-state index in [0.717, 1.165) is 23.4 Å². The minimum absolute atomic E-state index is 0.0228. The molecule has 1 aromatic carbocycles. The summed E-state index contributed by atoms with van der Waals surface area (Å²) in [6.07, 6.45) is 3.02. The number of benzene rings is 1. The Hall–Kier alpha value is -1.93. The molecule has 0 bridgehead atoms. The van der Waals surface area contributed by atoms with E-state index in [-0.39, 0.29) is 17.1 Å². The topological polar surface area (TPSA) is 101 Å². The molecule has 6 nitrogen and oxygen atoms in total. The highest BCUT2D eigenvalue weighted by atomic mass is 32.2. The SMILES string of the molecule is Cc1[nH]ncc1CCCNS(=O)(=O)c1cc(F)ccc1N. The zero-order valence-corrected chi connectivity index (χ0v) is 12.4. The maximum Gasteiger partial charge on any atom is 0.242 e. The smallest absolute Gasteiger partial charge is 0.242 e. The Balaban J connectivity index is 1.95. The maximum absolute atomic E-state index is 13.1. The summed E-state index contributed by atoms with van der Waals surface area (Å²) < 4.78 is 39.7. The van der Waals surface area contributed by atoms with Gasteiger partial charge in [0.05, 0.1) is 11.9 Å². The van der Waals surface area contributed by atoms with Gasteiger partial charge < -0.3 is 5.73 Å². The lowest BCUT2D eigenvalue weighted by Crippen LogP contribution is -2.26. The van der Waals surface area contributed by atoms with Crippen LogP contribution in [-0.2, 0) is 16.4 Å². The van der Waals surface area contributed by atoms with Gasteiger partial charge in [0.2, 0.25) is 10.0 Å². The molecule has 8 heteroatoms. The third-order valence-electron chi connectivity index (χ3n) is 3.11. The van der Waals surface area contributed by atoms with Crippen molar-refractivity contribution in [1.29, 1.82) is 0 Å². The van der Waals surface area contributed by atoms with Crippen LogP contribution in [-0.4, -0.2) is 25.2 Å². The zero-order valence-electron chi connectivity index (χ0n) is 11.6. The van der Waals surface area contributed by atoms with Gasteiger partial charge in [0.15, 0.2) is 0 Å². The number of nitrogens with zero attached hydrogens (tertiary/aromatic N) is 1. The summed E-state index contributed by atoms with van der Waals surface area (Å²) in [5.41, 5.74) is 7.61. The molecular formula is C13H17FN4O2S. The molecule has 1 heterocycles. The Morgan fingerprint density at radius 3 is 2.86 bits per heavy atom. The highest BCUT2D eigenvalue weighted by molar-refractivity contribution is 7.89. The fourth-order valence-electron chi connectivity index (χ4n) is 1.93. The molecule has 0 saturated carbocycles. The van der Waals surface area contributed by atoms with Crippen LogP contribution in [0.3, 0.4) is 0 Å². The van der Waals surface area contributed by atoms with Crippen LogP contribution in [0.2, 0.25) is 0 Å². The number of aromatic nitrogens is 2. The second-order valence-corrected chi connectivity index (χ2v) is 6.44. The summed E-state index contributed by atoms with van der Waals surface area (Å²) >= 11 is 0. The molecule has 0 atom stereocenters. The normalized spacial score (nSPS) is 11.7. The van der Waals surface area contributed by atoms with Crippen molar-refractivity contribution < 1.29 is 12.8 Å². The van der Waals surface area contributed by atoms with Gasteiger partial charge in [-0.3, -0.25) is 5.10 Å². The molecular weight excluding hydrogens is 295 g/mol. The second kappa shape index (κ2) is 6.23. The van der Waals surface area contributed by atoms with Gasteiger partial charge in [0.25, 0.3) is 0 Å². The quantitative estimate of drug-likeness (QED) is 0.553. The van der Waals surface area contributed by atoms with Gasteiger partial charge in [-0.05, 0) is 43.5 Å². The summed E-state index contributed by atoms with van der Waals surface area (Å²) in [6.45, 7) is 2.14. The minimum Gasteiger partial charge on any atom is -0.398 e. The summed E-state index contributed by atoms with van der Waals surface area (Å²) in [6, 6.07) is 3.27. The van der Waals surface area contributed by atoms with Crippen LogP contribution in [0.1, 0.15) is 17.7 Å². The first-order valence-electron chi connectivity index (χ1n) is 6.43. The standard InChI is InChI=1S/C13H17FN4O2S/c1-9-10(8-16-18-9)3-2-6-17-21(19,20)13-7-11(14)4-5-12(13)15/h4-5,7-8,17H,2-3,6,15H2,1H3,(H,16,18). The Bertz CT molecular complexity index is 728. The van der Waals surface area contributed by atoms with E-state index in [1.54, 1.807) is 6.20 Å². The summed E-state index contributed by atoms with van der Waals surface area (Å²) in [5.74, 6) is -0.640. The summed E-state index contributed by atoms with van der Waals surface area (Å²) in [4.78, 5) is -0.234. The fraction of sp³-hybridized carbons (Fsp3) is 0.308. The first-order chi connectivity index (χ1) is 9.90. The van der Waals surface area contributed by atoms with Gasteiger partial charge in [-0.1, -0.05) is 0 Å². The first kappa shape index (κ1) is 15.5. The van der Waals surface area contributed by atoms with Gasteiger partial charge >= 0.3 is 0 Å². The number of halogens is 1. The number of H-pyrrole nitrogens is 1. The molecule has 4 N–H and O–H groups in total. The molecule has 0 unspecified atom stereocenters. The van der Waals surface area contributed by atoms with Crippen molar-refractivity contribution in [2.75, 3.05) is 12.3 Å². The van der Waals surface area contributed by atoms with E-state index in [1.165, 1.54) is 6.07 Å². The lowest BCUT2D eigenvalue weighted by Gasteiger charge is -2.09. The van der Waals surface area contributed by atoms with Crippen LogP contribution < -0.4 is 10.5 Å². The maximum atomic E-state index is 13.1. The molecule has 0 aliphatic heterocycles. The highest BCUT2D eigenvalue weighted by Crippen LogP contribution is 2.19.